The summed E-state index contributed by atoms with van der Waals surface area (Å²) in [4.78, 5) is 12.0. The Kier molecular flexibility index (Phi) is 4.77. The summed E-state index contributed by atoms with van der Waals surface area (Å²) >= 11 is 6.88. The van der Waals surface area contributed by atoms with Gasteiger partial charge in [0.1, 0.15) is 5.75 Å². The van der Waals surface area contributed by atoms with E-state index in [0.29, 0.717) is 11.3 Å². The van der Waals surface area contributed by atoms with Crippen LogP contribution in [0.2, 0.25) is 0 Å². The third-order valence-corrected chi connectivity index (χ3v) is 3.76. The molecule has 19 heavy (non-hydrogen) atoms. The number of ketones is 1. The highest BCUT2D eigenvalue weighted by Crippen LogP contribution is 2.34. The monoisotopic (exact) mass is 382 g/mol. The van der Waals surface area contributed by atoms with Crippen LogP contribution in [0.15, 0.2) is 51.4 Å². The number of hydrogen-bond donors (Lipinski definition) is 0. The third kappa shape index (κ3) is 3.67. The number of benzene rings is 2. The van der Waals surface area contributed by atoms with Crippen LogP contribution in [0.25, 0.3) is 0 Å². The largest absolute Gasteiger partial charge is 0.483 e. The maximum atomic E-state index is 12.0. The first-order valence-corrected chi connectivity index (χ1v) is 7.33. The molecule has 0 unspecified atom stereocenters. The lowest BCUT2D eigenvalue weighted by atomic mass is 10.1. The Morgan fingerprint density at radius 1 is 1.11 bits per heavy atom. The highest BCUT2D eigenvalue weighted by atomic mass is 79.9. The molecule has 0 atom stereocenters. The summed E-state index contributed by atoms with van der Waals surface area (Å²) in [5.41, 5.74) is 1.77. The van der Waals surface area contributed by atoms with Crippen LogP contribution >= 0.6 is 31.9 Å². The molecule has 0 bridgehead atoms. The molecular formula is C15H12Br2O2. The first-order valence-electron chi connectivity index (χ1n) is 5.74. The summed E-state index contributed by atoms with van der Waals surface area (Å²) in [6.07, 6.45) is 0. The van der Waals surface area contributed by atoms with E-state index in [-0.39, 0.29) is 12.4 Å². The van der Waals surface area contributed by atoms with Gasteiger partial charge in [-0.1, -0.05) is 30.3 Å². The van der Waals surface area contributed by atoms with Crippen LogP contribution in [0.5, 0.6) is 5.75 Å². The molecule has 2 rings (SSSR count). The fourth-order valence-electron chi connectivity index (χ4n) is 1.67. The molecule has 0 aliphatic rings. The third-order valence-electron chi connectivity index (χ3n) is 2.59. The van der Waals surface area contributed by atoms with Crippen molar-refractivity contribution in [2.45, 2.75) is 6.92 Å². The van der Waals surface area contributed by atoms with Crippen LogP contribution in [-0.2, 0) is 0 Å². The Balaban J connectivity index is 2.10. The van der Waals surface area contributed by atoms with Crippen LogP contribution in [-0.4, -0.2) is 12.4 Å². The maximum Gasteiger partial charge on any atom is 0.200 e. The van der Waals surface area contributed by atoms with E-state index in [9.17, 15) is 4.79 Å². The molecule has 0 fully saturated rings. The lowest BCUT2D eigenvalue weighted by Gasteiger charge is -2.10. The van der Waals surface area contributed by atoms with Crippen molar-refractivity contribution in [3.05, 3.63) is 62.5 Å². The van der Waals surface area contributed by atoms with E-state index in [1.807, 2.05) is 37.3 Å². The molecule has 0 amide bonds. The lowest BCUT2D eigenvalue weighted by molar-refractivity contribution is 0.0920. The van der Waals surface area contributed by atoms with Gasteiger partial charge in [0, 0.05) is 5.56 Å². The Labute approximate surface area is 129 Å². The molecule has 4 heteroatoms. The molecule has 0 heterocycles. The summed E-state index contributed by atoms with van der Waals surface area (Å²) in [6, 6.07) is 13.0. The van der Waals surface area contributed by atoms with Gasteiger partial charge in [0.05, 0.1) is 8.95 Å². The van der Waals surface area contributed by atoms with E-state index in [4.69, 9.17) is 4.74 Å². The van der Waals surface area contributed by atoms with Gasteiger partial charge in [-0.2, -0.15) is 0 Å². The number of rotatable bonds is 4. The minimum atomic E-state index is -0.0417. The predicted octanol–water partition coefficient (Wildman–Crippen LogP) is 4.78. The highest BCUT2D eigenvalue weighted by Gasteiger charge is 2.11. The summed E-state index contributed by atoms with van der Waals surface area (Å²) in [5, 5.41) is 0. The zero-order chi connectivity index (χ0) is 13.8. The van der Waals surface area contributed by atoms with Crippen LogP contribution in [0.4, 0.5) is 0 Å². The number of Topliss-reactive ketones (excluding diaryl/α,β-unsaturated/α-hetero) is 1. The zero-order valence-electron chi connectivity index (χ0n) is 10.3. The fourth-order valence-corrected chi connectivity index (χ4v) is 3.31. The molecule has 0 N–H and O–H groups in total. The van der Waals surface area contributed by atoms with Crippen molar-refractivity contribution >= 4 is 37.6 Å². The van der Waals surface area contributed by atoms with Crippen LogP contribution < -0.4 is 4.74 Å². The normalized spacial score (nSPS) is 10.3. The van der Waals surface area contributed by atoms with Crippen LogP contribution in [0, 0.1) is 6.92 Å². The summed E-state index contributed by atoms with van der Waals surface area (Å²) in [5.74, 6) is 0.606. The van der Waals surface area contributed by atoms with Gasteiger partial charge in [-0.05, 0) is 56.5 Å². The van der Waals surface area contributed by atoms with Crippen molar-refractivity contribution in [3.8, 4) is 5.75 Å². The lowest BCUT2D eigenvalue weighted by Crippen LogP contribution is -2.12. The molecule has 0 saturated heterocycles. The molecule has 98 valence electrons. The minimum Gasteiger partial charge on any atom is -0.483 e. The fraction of sp³-hybridized carbons (Fsp3) is 0.133. The predicted molar refractivity (Wildman–Crippen MR) is 82.8 cm³/mol. The number of carbonyl (C=O) groups excluding carboxylic acids is 1. The van der Waals surface area contributed by atoms with Crippen molar-refractivity contribution in [1.29, 1.82) is 0 Å². The van der Waals surface area contributed by atoms with Gasteiger partial charge in [-0.3, -0.25) is 4.79 Å². The van der Waals surface area contributed by atoms with Crippen molar-refractivity contribution in [2.75, 3.05) is 6.61 Å². The first kappa shape index (κ1) is 14.3. The van der Waals surface area contributed by atoms with Gasteiger partial charge >= 0.3 is 0 Å². The number of hydrogen-bond acceptors (Lipinski definition) is 2. The van der Waals surface area contributed by atoms with Gasteiger partial charge in [-0.25, -0.2) is 0 Å². The van der Waals surface area contributed by atoms with Gasteiger partial charge in [0.15, 0.2) is 12.4 Å². The average Bonchev–Trinajstić information content (AvgIpc) is 2.38. The molecule has 2 aromatic rings. The van der Waals surface area contributed by atoms with E-state index in [0.717, 1.165) is 14.5 Å². The summed E-state index contributed by atoms with van der Waals surface area (Å²) < 4.78 is 7.26. The van der Waals surface area contributed by atoms with Crippen LogP contribution in [0.1, 0.15) is 15.9 Å². The van der Waals surface area contributed by atoms with Crippen molar-refractivity contribution in [1.82, 2.24) is 0 Å². The van der Waals surface area contributed by atoms with E-state index in [1.165, 1.54) is 0 Å². The van der Waals surface area contributed by atoms with E-state index < -0.39 is 0 Å². The van der Waals surface area contributed by atoms with Crippen molar-refractivity contribution in [2.24, 2.45) is 0 Å². The maximum absolute atomic E-state index is 12.0. The first-order chi connectivity index (χ1) is 9.08. The topological polar surface area (TPSA) is 26.3 Å². The average molecular weight is 384 g/mol. The quantitative estimate of drug-likeness (QED) is 0.710. The van der Waals surface area contributed by atoms with E-state index in [2.05, 4.69) is 31.9 Å². The van der Waals surface area contributed by atoms with Crippen LogP contribution in [0.3, 0.4) is 0 Å². The Morgan fingerprint density at radius 2 is 1.68 bits per heavy atom. The smallest absolute Gasteiger partial charge is 0.200 e. The molecular weight excluding hydrogens is 372 g/mol. The molecule has 0 saturated carbocycles. The number of halogens is 2. The van der Waals surface area contributed by atoms with Crippen molar-refractivity contribution < 1.29 is 9.53 Å². The van der Waals surface area contributed by atoms with Gasteiger partial charge in [-0.15, -0.1) is 0 Å². The second-order valence-electron chi connectivity index (χ2n) is 4.14. The minimum absolute atomic E-state index is 0.0181. The second-order valence-corrected chi connectivity index (χ2v) is 5.84. The summed E-state index contributed by atoms with van der Waals surface area (Å²) in [7, 11) is 0. The SMILES string of the molecule is Cc1cc(Br)c(OCC(=O)c2ccccc2)c(Br)c1. The van der Waals surface area contributed by atoms with E-state index in [1.54, 1.807) is 12.1 Å². The van der Waals surface area contributed by atoms with Gasteiger partial charge in [0.25, 0.3) is 0 Å². The molecule has 0 aliphatic heterocycles. The van der Waals surface area contributed by atoms with Crippen molar-refractivity contribution in [3.63, 3.8) is 0 Å². The number of aryl methyl sites for hydroxylation is 1. The zero-order valence-corrected chi connectivity index (χ0v) is 13.5. The molecule has 2 aromatic carbocycles. The Hall–Kier alpha value is -1.13. The standard InChI is InChI=1S/C15H12Br2O2/c1-10-7-12(16)15(13(17)8-10)19-9-14(18)11-5-3-2-4-6-11/h2-8H,9H2,1H3. The second kappa shape index (κ2) is 6.35. The Bertz CT molecular complexity index is 571. The summed E-state index contributed by atoms with van der Waals surface area (Å²) in [6.45, 7) is 2.01. The molecule has 0 aromatic heterocycles. The molecule has 0 spiro atoms. The number of carbonyl (C=O) groups is 1. The Morgan fingerprint density at radius 3 is 2.26 bits per heavy atom. The number of ether oxygens (including phenoxy) is 1. The molecule has 0 radical (unpaired) electrons. The molecule has 0 aliphatic carbocycles. The highest BCUT2D eigenvalue weighted by molar-refractivity contribution is 9.11. The van der Waals surface area contributed by atoms with Gasteiger partial charge < -0.3 is 4.74 Å². The van der Waals surface area contributed by atoms with E-state index >= 15 is 0 Å². The molecule has 2 nitrogen and oxygen atoms in total. The van der Waals surface area contributed by atoms with Gasteiger partial charge in [0.2, 0.25) is 0 Å².